The van der Waals surface area contributed by atoms with Crippen molar-refractivity contribution >= 4 is 11.8 Å². The normalized spacial score (nSPS) is 49.7. The van der Waals surface area contributed by atoms with Crippen molar-refractivity contribution in [2.75, 3.05) is 6.79 Å². The van der Waals surface area contributed by atoms with Gasteiger partial charge in [-0.2, -0.15) is 0 Å². The van der Waals surface area contributed by atoms with E-state index >= 15 is 0 Å². The fourth-order valence-electron chi connectivity index (χ4n) is 6.92. The van der Waals surface area contributed by atoms with Crippen LogP contribution in [-0.2, 0) is 14.3 Å². The molecule has 152 valence electrons. The molecule has 0 aliphatic heterocycles. The Kier molecular flexibility index (Phi) is 5.09. The highest BCUT2D eigenvalue weighted by Crippen LogP contribution is 2.69. The van der Waals surface area contributed by atoms with Gasteiger partial charge in [0.1, 0.15) is 5.78 Å². The van der Waals surface area contributed by atoms with Gasteiger partial charge in [-0.25, -0.2) is 0 Å². The van der Waals surface area contributed by atoms with Crippen LogP contribution in [0.25, 0.3) is 0 Å². The van der Waals surface area contributed by atoms with E-state index in [-0.39, 0.29) is 29.0 Å². The van der Waals surface area contributed by atoms with E-state index in [9.17, 15) is 19.8 Å². The number of rotatable bonds is 3. The van der Waals surface area contributed by atoms with Crippen LogP contribution in [0, 0.1) is 39.9 Å². The molecule has 3 rings (SSSR count). The number of aliphatic hydroxyl groups is 2. The van der Waals surface area contributed by atoms with Crippen LogP contribution >= 0.6 is 0 Å². The zero-order chi connectivity index (χ0) is 20.2. The van der Waals surface area contributed by atoms with Gasteiger partial charge in [0.2, 0.25) is 0 Å². The number of Topliss-reactive ketones (excluding diaryl/α,β-unsaturated/α-hetero) is 1. The summed E-state index contributed by atoms with van der Waals surface area (Å²) in [5.41, 5.74) is -1.52. The van der Waals surface area contributed by atoms with Gasteiger partial charge in [0.25, 0.3) is 0 Å². The van der Waals surface area contributed by atoms with E-state index in [4.69, 9.17) is 4.74 Å². The van der Waals surface area contributed by atoms with E-state index in [1.807, 2.05) is 6.92 Å². The fourth-order valence-corrected chi connectivity index (χ4v) is 6.92. The second kappa shape index (κ2) is 6.70. The van der Waals surface area contributed by atoms with Crippen LogP contribution in [0.5, 0.6) is 0 Å². The minimum atomic E-state index is -0.689. The number of carbonyl (C=O) groups excluding carboxylic acids is 2. The highest BCUT2D eigenvalue weighted by molar-refractivity contribution is 5.87. The van der Waals surface area contributed by atoms with Gasteiger partial charge in [-0.15, -0.1) is 6.58 Å². The van der Waals surface area contributed by atoms with Gasteiger partial charge in [0.05, 0.1) is 12.0 Å². The zero-order valence-corrected chi connectivity index (χ0v) is 17.0. The first-order valence-corrected chi connectivity index (χ1v) is 10.2. The Labute approximate surface area is 162 Å². The Balaban J connectivity index is 2.24. The second-order valence-electron chi connectivity index (χ2n) is 9.73. The molecule has 0 amide bonds. The molecule has 0 aromatic rings. The number of aliphatic hydroxyl groups excluding tert-OH is 2. The average Bonchev–Trinajstić information content (AvgIpc) is 2.99. The van der Waals surface area contributed by atoms with E-state index in [0.29, 0.717) is 12.8 Å². The fraction of sp³-hybridized carbons (Fsp3) is 0.818. The minimum Gasteiger partial charge on any atom is -0.438 e. The van der Waals surface area contributed by atoms with Gasteiger partial charge < -0.3 is 14.9 Å². The van der Waals surface area contributed by atoms with Crippen LogP contribution in [0.1, 0.15) is 59.8 Å². The largest absolute Gasteiger partial charge is 0.438 e. The van der Waals surface area contributed by atoms with Crippen molar-refractivity contribution in [3.63, 3.8) is 0 Å². The van der Waals surface area contributed by atoms with Gasteiger partial charge in [-0.05, 0) is 48.3 Å². The highest BCUT2D eigenvalue weighted by Gasteiger charge is 2.68. The molecular weight excluding hydrogens is 344 g/mol. The summed E-state index contributed by atoms with van der Waals surface area (Å²) < 4.78 is 5.05. The standard InChI is InChI=1S/C22H34O5/c1-6-20(4)11-15(19(26)27-12-23)21(5)13(2)7-9-22(14(3)18(20)25)10-8-16(24)17(21)22/h6,13-15,17-18,23,25H,1,7-12H2,2-5H3/t13?,14-,15-,17?,18-,20+,21-,22-/m0/s1. The summed E-state index contributed by atoms with van der Waals surface area (Å²) in [6.45, 7) is 11.5. The Hall–Kier alpha value is -1.20. The number of hydrogen-bond acceptors (Lipinski definition) is 5. The number of ether oxygens (including phenoxy) is 1. The molecule has 2 bridgehead atoms. The van der Waals surface area contributed by atoms with Crippen molar-refractivity contribution in [3.05, 3.63) is 12.7 Å². The van der Waals surface area contributed by atoms with Gasteiger partial charge in [0.15, 0.2) is 6.79 Å². The molecule has 0 heterocycles. The molecule has 27 heavy (non-hydrogen) atoms. The van der Waals surface area contributed by atoms with Crippen LogP contribution in [0.4, 0.5) is 0 Å². The summed E-state index contributed by atoms with van der Waals surface area (Å²) in [6.07, 6.45) is 4.53. The van der Waals surface area contributed by atoms with Crippen molar-refractivity contribution in [2.45, 2.75) is 65.9 Å². The third-order valence-electron chi connectivity index (χ3n) is 8.87. The molecule has 0 aromatic carbocycles. The third kappa shape index (κ3) is 2.65. The minimum absolute atomic E-state index is 0.0569. The monoisotopic (exact) mass is 378 g/mol. The van der Waals surface area contributed by atoms with Gasteiger partial charge in [-0.3, -0.25) is 9.59 Å². The van der Waals surface area contributed by atoms with Crippen LogP contribution in [0.2, 0.25) is 0 Å². The first-order valence-electron chi connectivity index (χ1n) is 10.2. The highest BCUT2D eigenvalue weighted by atomic mass is 16.6. The molecule has 8 atom stereocenters. The molecule has 0 spiro atoms. The maximum atomic E-state index is 13.1. The molecule has 3 aliphatic carbocycles. The maximum Gasteiger partial charge on any atom is 0.311 e. The van der Waals surface area contributed by atoms with Crippen molar-refractivity contribution < 1.29 is 24.5 Å². The van der Waals surface area contributed by atoms with Crippen molar-refractivity contribution in [3.8, 4) is 0 Å². The molecule has 5 heteroatoms. The average molecular weight is 379 g/mol. The third-order valence-corrected chi connectivity index (χ3v) is 8.87. The Bertz CT molecular complexity index is 645. The second-order valence-corrected chi connectivity index (χ2v) is 9.73. The maximum absolute atomic E-state index is 13.1. The number of ketones is 1. The smallest absolute Gasteiger partial charge is 0.311 e. The summed E-state index contributed by atoms with van der Waals surface area (Å²) in [7, 11) is 0. The Morgan fingerprint density at radius 2 is 2.00 bits per heavy atom. The Morgan fingerprint density at radius 3 is 2.59 bits per heavy atom. The quantitative estimate of drug-likeness (QED) is 0.448. The molecule has 0 aromatic heterocycles. The van der Waals surface area contributed by atoms with Gasteiger partial charge in [0, 0.05) is 17.8 Å². The SMILES string of the molecule is C=C[C@]1(C)C[C@@H](C(=O)OCO)[C@]2(C)C(C)CC[C@]3(CCC(=O)C32)[C@@H](C)[C@@H]1O. The van der Waals surface area contributed by atoms with Gasteiger partial charge in [-0.1, -0.05) is 33.8 Å². The lowest BCUT2D eigenvalue weighted by atomic mass is 9.42. The van der Waals surface area contributed by atoms with E-state index in [0.717, 1.165) is 19.3 Å². The van der Waals surface area contributed by atoms with Crippen molar-refractivity contribution in [1.29, 1.82) is 0 Å². The van der Waals surface area contributed by atoms with Gasteiger partial charge >= 0.3 is 5.97 Å². The zero-order valence-electron chi connectivity index (χ0n) is 17.0. The Morgan fingerprint density at radius 1 is 1.33 bits per heavy atom. The summed E-state index contributed by atoms with van der Waals surface area (Å²) >= 11 is 0. The molecule has 2 N–H and O–H groups in total. The number of hydrogen-bond donors (Lipinski definition) is 2. The molecule has 3 aliphatic rings. The topological polar surface area (TPSA) is 83.8 Å². The predicted molar refractivity (Wildman–Crippen MR) is 101 cm³/mol. The van der Waals surface area contributed by atoms with Crippen molar-refractivity contribution in [2.24, 2.45) is 39.9 Å². The lowest BCUT2D eigenvalue weighted by Crippen LogP contribution is -2.62. The van der Waals surface area contributed by atoms with E-state index in [2.05, 4.69) is 27.4 Å². The van der Waals surface area contributed by atoms with Crippen molar-refractivity contribution in [1.82, 2.24) is 0 Å². The summed E-state index contributed by atoms with van der Waals surface area (Å²) in [4.78, 5) is 26.1. The summed E-state index contributed by atoms with van der Waals surface area (Å²) in [5.74, 6) is -0.978. The van der Waals surface area contributed by atoms with Crippen LogP contribution in [0.15, 0.2) is 12.7 Å². The lowest BCUT2D eigenvalue weighted by Gasteiger charge is -2.61. The van der Waals surface area contributed by atoms with Crippen LogP contribution in [0.3, 0.4) is 0 Å². The molecule has 5 nitrogen and oxygen atoms in total. The number of esters is 1. The molecule has 0 radical (unpaired) electrons. The molecule has 3 saturated carbocycles. The molecule has 3 fully saturated rings. The van der Waals surface area contributed by atoms with Crippen LogP contribution < -0.4 is 0 Å². The molecular formula is C22H34O5. The van der Waals surface area contributed by atoms with E-state index in [1.165, 1.54) is 0 Å². The molecule has 2 unspecified atom stereocenters. The van der Waals surface area contributed by atoms with Crippen LogP contribution in [-0.4, -0.2) is 34.9 Å². The first-order chi connectivity index (χ1) is 12.6. The number of carbonyl (C=O) groups is 2. The predicted octanol–water partition coefficient (Wildman–Crippen LogP) is 3.09. The molecule has 0 saturated heterocycles. The lowest BCUT2D eigenvalue weighted by molar-refractivity contribution is -0.194. The first kappa shape index (κ1) is 20.5. The van der Waals surface area contributed by atoms with E-state index < -0.39 is 35.6 Å². The summed E-state index contributed by atoms with van der Waals surface area (Å²) in [6, 6.07) is 0. The summed E-state index contributed by atoms with van der Waals surface area (Å²) in [5, 5.41) is 20.5. The van der Waals surface area contributed by atoms with E-state index in [1.54, 1.807) is 6.08 Å².